The number of aromatic nitrogens is 1. The molecule has 0 aliphatic heterocycles. The number of aryl methyl sites for hydroxylation is 2. The van der Waals surface area contributed by atoms with Crippen molar-refractivity contribution in [3.05, 3.63) is 22.9 Å². The summed E-state index contributed by atoms with van der Waals surface area (Å²) in [5.41, 5.74) is 2.24. The number of aromatic carboxylic acids is 1. The number of nitrogens with zero attached hydrogens (tertiary/aromatic N) is 1. The largest absolute Gasteiger partial charge is 0.478 e. The van der Waals surface area contributed by atoms with Crippen molar-refractivity contribution in [2.45, 2.75) is 59.4 Å². The minimum atomic E-state index is -0.910. The van der Waals surface area contributed by atoms with Crippen LogP contribution in [0.4, 0.5) is 5.82 Å². The van der Waals surface area contributed by atoms with Crippen LogP contribution in [0, 0.1) is 19.3 Å². The number of carbonyl (C=O) groups is 1. The highest BCUT2D eigenvalue weighted by atomic mass is 16.4. The van der Waals surface area contributed by atoms with Crippen molar-refractivity contribution in [1.82, 2.24) is 4.98 Å². The highest BCUT2D eigenvalue weighted by Crippen LogP contribution is 2.36. The Morgan fingerprint density at radius 3 is 2.75 bits per heavy atom. The van der Waals surface area contributed by atoms with E-state index >= 15 is 0 Å². The quantitative estimate of drug-likeness (QED) is 0.882. The summed E-state index contributed by atoms with van der Waals surface area (Å²) in [6, 6.07) is 2.13. The molecule has 0 saturated heterocycles. The third kappa shape index (κ3) is 3.30. The van der Waals surface area contributed by atoms with Gasteiger partial charge in [-0.2, -0.15) is 0 Å². The van der Waals surface area contributed by atoms with Crippen LogP contribution in [0.5, 0.6) is 0 Å². The maximum atomic E-state index is 11.4. The van der Waals surface area contributed by atoms with Crippen LogP contribution in [0.25, 0.3) is 0 Å². The molecular weight excluding hydrogens is 252 g/mol. The van der Waals surface area contributed by atoms with Crippen LogP contribution in [0.1, 0.15) is 61.1 Å². The fraction of sp³-hybridized carbons (Fsp3) is 0.625. The lowest BCUT2D eigenvalue weighted by Crippen LogP contribution is -2.32. The summed E-state index contributed by atoms with van der Waals surface area (Å²) in [5.74, 6) is -0.384. The van der Waals surface area contributed by atoms with Gasteiger partial charge in [0.25, 0.3) is 0 Å². The average Bonchev–Trinajstić information content (AvgIpc) is 2.25. The molecule has 110 valence electrons. The maximum Gasteiger partial charge on any atom is 0.339 e. The Balaban J connectivity index is 2.26. The van der Waals surface area contributed by atoms with Gasteiger partial charge in [-0.15, -0.1) is 0 Å². The van der Waals surface area contributed by atoms with Gasteiger partial charge < -0.3 is 10.4 Å². The molecular formula is C16H24N2O2. The summed E-state index contributed by atoms with van der Waals surface area (Å²) in [5, 5.41) is 12.8. The zero-order valence-corrected chi connectivity index (χ0v) is 12.8. The van der Waals surface area contributed by atoms with E-state index < -0.39 is 5.97 Å². The Morgan fingerprint density at radius 1 is 1.45 bits per heavy atom. The zero-order chi connectivity index (χ0) is 14.9. The van der Waals surface area contributed by atoms with Crippen LogP contribution in [0.3, 0.4) is 0 Å². The van der Waals surface area contributed by atoms with Gasteiger partial charge in [-0.3, -0.25) is 0 Å². The second-order valence-electron chi connectivity index (χ2n) is 6.71. The molecule has 1 atom stereocenters. The molecule has 1 aliphatic carbocycles. The van der Waals surface area contributed by atoms with E-state index in [-0.39, 0.29) is 0 Å². The van der Waals surface area contributed by atoms with Gasteiger partial charge in [0.15, 0.2) is 0 Å². The molecule has 0 amide bonds. The number of carboxylic acids is 1. The lowest BCUT2D eigenvalue weighted by Gasteiger charge is -2.36. The zero-order valence-electron chi connectivity index (χ0n) is 12.8. The molecule has 1 saturated carbocycles. The SMILES string of the molecule is Cc1cc(C)c(C(=O)O)c(NC2CCCC(C)(C)C2)n1. The Bertz CT molecular complexity index is 523. The second kappa shape index (κ2) is 5.43. The number of rotatable bonds is 3. The molecule has 1 unspecified atom stereocenters. The maximum absolute atomic E-state index is 11.4. The van der Waals surface area contributed by atoms with E-state index in [1.54, 1.807) is 0 Å². The van der Waals surface area contributed by atoms with Crippen LogP contribution >= 0.6 is 0 Å². The van der Waals surface area contributed by atoms with E-state index in [0.29, 0.717) is 22.8 Å². The first-order valence-electron chi connectivity index (χ1n) is 7.26. The molecule has 1 aromatic rings. The topological polar surface area (TPSA) is 62.2 Å². The minimum absolute atomic E-state index is 0.305. The molecule has 0 aromatic carbocycles. The molecule has 1 heterocycles. The fourth-order valence-electron chi connectivity index (χ4n) is 3.23. The standard InChI is InChI=1S/C16H24N2O2/c1-10-8-11(2)17-14(13(10)15(19)20)18-12-6-5-7-16(3,4)9-12/h8,12H,5-7,9H2,1-4H3,(H,17,18)(H,19,20). The Labute approximate surface area is 120 Å². The van der Waals surface area contributed by atoms with Crippen LogP contribution in [0.15, 0.2) is 6.07 Å². The lowest BCUT2D eigenvalue weighted by atomic mass is 9.75. The van der Waals surface area contributed by atoms with E-state index in [2.05, 4.69) is 24.1 Å². The molecule has 20 heavy (non-hydrogen) atoms. The molecule has 2 rings (SSSR count). The van der Waals surface area contributed by atoms with Crippen LogP contribution in [0.2, 0.25) is 0 Å². The van der Waals surface area contributed by atoms with Crippen LogP contribution in [-0.2, 0) is 0 Å². The van der Waals surface area contributed by atoms with Crippen molar-refractivity contribution in [3.8, 4) is 0 Å². The van der Waals surface area contributed by atoms with Gasteiger partial charge in [-0.1, -0.05) is 20.3 Å². The Kier molecular flexibility index (Phi) is 4.02. The molecule has 2 N–H and O–H groups in total. The van der Waals surface area contributed by atoms with Crippen molar-refractivity contribution < 1.29 is 9.90 Å². The number of hydrogen-bond donors (Lipinski definition) is 2. The van der Waals surface area contributed by atoms with E-state index in [0.717, 1.165) is 24.1 Å². The minimum Gasteiger partial charge on any atom is -0.478 e. The summed E-state index contributed by atoms with van der Waals surface area (Å²) >= 11 is 0. The van der Waals surface area contributed by atoms with Crippen LogP contribution < -0.4 is 5.32 Å². The van der Waals surface area contributed by atoms with E-state index in [9.17, 15) is 9.90 Å². The van der Waals surface area contributed by atoms with Crippen molar-refractivity contribution >= 4 is 11.8 Å². The van der Waals surface area contributed by atoms with Gasteiger partial charge in [0.05, 0.1) is 0 Å². The smallest absolute Gasteiger partial charge is 0.339 e. The van der Waals surface area contributed by atoms with Gasteiger partial charge in [0.1, 0.15) is 11.4 Å². The first-order valence-corrected chi connectivity index (χ1v) is 7.26. The predicted octanol–water partition coefficient (Wildman–Crippen LogP) is 3.78. The predicted molar refractivity (Wildman–Crippen MR) is 80.3 cm³/mol. The lowest BCUT2D eigenvalue weighted by molar-refractivity contribution is 0.0696. The summed E-state index contributed by atoms with van der Waals surface area (Å²) < 4.78 is 0. The van der Waals surface area contributed by atoms with Gasteiger partial charge >= 0.3 is 5.97 Å². The van der Waals surface area contributed by atoms with Gasteiger partial charge in [0.2, 0.25) is 0 Å². The van der Waals surface area contributed by atoms with Crippen molar-refractivity contribution in [2.75, 3.05) is 5.32 Å². The first kappa shape index (κ1) is 14.8. The molecule has 1 aliphatic rings. The van der Waals surface area contributed by atoms with Gasteiger partial charge in [-0.05, 0) is 50.2 Å². The third-order valence-electron chi connectivity index (χ3n) is 4.10. The molecule has 0 spiro atoms. The Morgan fingerprint density at radius 2 is 2.15 bits per heavy atom. The molecule has 4 nitrogen and oxygen atoms in total. The number of hydrogen-bond acceptors (Lipinski definition) is 3. The summed E-state index contributed by atoms with van der Waals surface area (Å²) in [7, 11) is 0. The summed E-state index contributed by atoms with van der Waals surface area (Å²) in [4.78, 5) is 15.8. The summed E-state index contributed by atoms with van der Waals surface area (Å²) in [6.45, 7) is 8.27. The molecule has 1 fully saturated rings. The molecule has 1 aromatic heterocycles. The second-order valence-corrected chi connectivity index (χ2v) is 6.71. The normalized spacial score (nSPS) is 21.5. The van der Waals surface area contributed by atoms with Crippen LogP contribution in [-0.4, -0.2) is 22.1 Å². The molecule has 0 bridgehead atoms. The third-order valence-corrected chi connectivity index (χ3v) is 4.10. The van der Waals surface area contributed by atoms with Gasteiger partial charge in [-0.25, -0.2) is 9.78 Å². The Hall–Kier alpha value is -1.58. The first-order chi connectivity index (χ1) is 9.28. The van der Waals surface area contributed by atoms with E-state index in [1.807, 2.05) is 19.9 Å². The summed E-state index contributed by atoms with van der Waals surface area (Å²) in [6.07, 6.45) is 4.55. The van der Waals surface area contributed by atoms with Crippen molar-refractivity contribution in [2.24, 2.45) is 5.41 Å². The number of anilines is 1. The number of pyridine rings is 1. The highest BCUT2D eigenvalue weighted by molar-refractivity contribution is 5.94. The molecule has 4 heteroatoms. The van der Waals surface area contributed by atoms with Crippen molar-refractivity contribution in [1.29, 1.82) is 0 Å². The fourth-order valence-corrected chi connectivity index (χ4v) is 3.23. The van der Waals surface area contributed by atoms with E-state index in [4.69, 9.17) is 0 Å². The average molecular weight is 276 g/mol. The highest BCUT2D eigenvalue weighted by Gasteiger charge is 2.29. The monoisotopic (exact) mass is 276 g/mol. The molecule has 0 radical (unpaired) electrons. The van der Waals surface area contributed by atoms with Gasteiger partial charge in [0, 0.05) is 11.7 Å². The van der Waals surface area contributed by atoms with E-state index in [1.165, 1.54) is 12.8 Å². The van der Waals surface area contributed by atoms with Crippen molar-refractivity contribution in [3.63, 3.8) is 0 Å². The number of carboxylic acid groups (broad SMARTS) is 1. The number of nitrogens with one attached hydrogen (secondary N) is 1.